The fraction of sp³-hybridized carbons (Fsp3) is 0.455. The van der Waals surface area contributed by atoms with Gasteiger partial charge in [0.25, 0.3) is 6.54 Å². The van der Waals surface area contributed by atoms with Crippen LogP contribution in [0.3, 0.4) is 0 Å². The third-order valence-corrected chi connectivity index (χ3v) is 2.66. The van der Waals surface area contributed by atoms with Gasteiger partial charge in [-0.25, -0.2) is 4.98 Å². The zero-order chi connectivity index (χ0) is 13.5. The first-order chi connectivity index (χ1) is 8.56. The largest absolute Gasteiger partial charge is 0.351 e. The summed E-state index contributed by atoms with van der Waals surface area (Å²) in [4.78, 5) is 20.0. The van der Waals surface area contributed by atoms with Crippen LogP contribution in [0, 0.1) is 10.1 Å². The molecule has 0 atom stereocenters. The second-order valence-corrected chi connectivity index (χ2v) is 4.02. The third kappa shape index (κ3) is 4.29. The lowest BCUT2D eigenvalue weighted by molar-refractivity contribution is -0.464. The molecule has 0 aliphatic carbocycles. The highest BCUT2D eigenvalue weighted by molar-refractivity contribution is 6.29. The molecule has 0 amide bonds. The normalized spacial score (nSPS) is 11.4. The van der Waals surface area contributed by atoms with Gasteiger partial charge in [0.1, 0.15) is 5.15 Å². The molecule has 0 fully saturated rings. The molecule has 1 aromatic heterocycles. The highest BCUT2D eigenvalue weighted by Crippen LogP contribution is 2.08. The van der Waals surface area contributed by atoms with E-state index in [1.807, 2.05) is 17.9 Å². The van der Waals surface area contributed by atoms with Crippen LogP contribution in [-0.4, -0.2) is 40.8 Å². The summed E-state index contributed by atoms with van der Waals surface area (Å²) in [5, 5.41) is 11.0. The standard InChI is InChI=1S/C11H15ClN4O2/c1-3-15(11(13-2)8-16(17)18)7-9-4-5-10(12)14-6-9/h4-6H,3,7-8H2,1-2H3. The molecule has 0 radical (unpaired) electrons. The first kappa shape index (κ1) is 14.4. The summed E-state index contributed by atoms with van der Waals surface area (Å²) >= 11 is 5.70. The quantitative estimate of drug-likeness (QED) is 0.269. The minimum atomic E-state index is -0.384. The molecule has 0 N–H and O–H groups in total. The van der Waals surface area contributed by atoms with Gasteiger partial charge in [0.2, 0.25) is 0 Å². The maximum absolute atomic E-state index is 10.6. The number of halogens is 1. The van der Waals surface area contributed by atoms with Gasteiger partial charge >= 0.3 is 0 Å². The van der Waals surface area contributed by atoms with Crippen LogP contribution in [0.15, 0.2) is 23.3 Å². The van der Waals surface area contributed by atoms with E-state index in [4.69, 9.17) is 11.6 Å². The Kier molecular flexibility index (Phi) is 5.51. The molecular formula is C11H15ClN4O2. The molecule has 0 aliphatic heterocycles. The van der Waals surface area contributed by atoms with Crippen LogP contribution in [0.25, 0.3) is 0 Å². The summed E-state index contributed by atoms with van der Waals surface area (Å²) in [6.07, 6.45) is 1.66. The SMILES string of the molecule is CCN(Cc1ccc(Cl)nc1)C(C[N+](=O)[O-])=NC. The summed E-state index contributed by atoms with van der Waals surface area (Å²) in [5.41, 5.74) is 0.936. The van der Waals surface area contributed by atoms with E-state index in [1.165, 1.54) is 0 Å². The number of aromatic nitrogens is 1. The monoisotopic (exact) mass is 270 g/mol. The summed E-state index contributed by atoms with van der Waals surface area (Å²) in [5.74, 6) is 0.456. The highest BCUT2D eigenvalue weighted by Gasteiger charge is 2.15. The van der Waals surface area contributed by atoms with Crippen molar-refractivity contribution in [1.29, 1.82) is 0 Å². The van der Waals surface area contributed by atoms with Gasteiger partial charge in [0, 0.05) is 31.3 Å². The van der Waals surface area contributed by atoms with E-state index in [0.717, 1.165) is 5.56 Å². The number of amidine groups is 1. The minimum absolute atomic E-state index is 0.272. The first-order valence-corrected chi connectivity index (χ1v) is 5.87. The summed E-state index contributed by atoms with van der Waals surface area (Å²) < 4.78 is 0. The zero-order valence-corrected chi connectivity index (χ0v) is 11.1. The number of likely N-dealkylation sites (N-methyl/N-ethyl adjacent to an activating group) is 1. The van der Waals surface area contributed by atoms with Crippen LogP contribution in [0.4, 0.5) is 0 Å². The van der Waals surface area contributed by atoms with E-state index < -0.39 is 0 Å². The molecule has 0 saturated heterocycles. The van der Waals surface area contributed by atoms with Crippen LogP contribution in [0.5, 0.6) is 0 Å². The molecule has 18 heavy (non-hydrogen) atoms. The van der Waals surface area contributed by atoms with E-state index in [2.05, 4.69) is 9.98 Å². The van der Waals surface area contributed by atoms with Crippen LogP contribution in [0.1, 0.15) is 12.5 Å². The lowest BCUT2D eigenvalue weighted by atomic mass is 10.2. The Bertz CT molecular complexity index is 433. The van der Waals surface area contributed by atoms with E-state index in [1.54, 1.807) is 19.3 Å². The fourth-order valence-electron chi connectivity index (χ4n) is 1.53. The molecule has 1 heterocycles. The number of pyridine rings is 1. The van der Waals surface area contributed by atoms with Gasteiger partial charge in [-0.15, -0.1) is 0 Å². The summed E-state index contributed by atoms with van der Waals surface area (Å²) in [7, 11) is 1.56. The molecule has 6 nitrogen and oxygen atoms in total. The lowest BCUT2D eigenvalue weighted by Crippen LogP contribution is -2.35. The molecular weight excluding hydrogens is 256 g/mol. The molecule has 1 aromatic rings. The molecule has 7 heteroatoms. The number of nitrogens with zero attached hydrogens (tertiary/aromatic N) is 4. The molecule has 0 saturated carbocycles. The Labute approximate surface area is 110 Å². The average molecular weight is 271 g/mol. The predicted molar refractivity (Wildman–Crippen MR) is 70.6 cm³/mol. The molecule has 0 aliphatic rings. The molecule has 0 unspecified atom stereocenters. The predicted octanol–water partition coefficient (Wildman–Crippen LogP) is 1.86. The Morgan fingerprint density at radius 1 is 1.61 bits per heavy atom. The van der Waals surface area contributed by atoms with Crippen molar-refractivity contribution in [2.24, 2.45) is 4.99 Å². The number of hydrogen-bond acceptors (Lipinski definition) is 4. The van der Waals surface area contributed by atoms with Crippen molar-refractivity contribution in [2.45, 2.75) is 13.5 Å². The van der Waals surface area contributed by atoms with E-state index in [-0.39, 0.29) is 11.5 Å². The number of nitro groups is 1. The highest BCUT2D eigenvalue weighted by atomic mass is 35.5. The molecule has 1 rings (SSSR count). The Morgan fingerprint density at radius 3 is 2.78 bits per heavy atom. The number of hydrogen-bond donors (Lipinski definition) is 0. The minimum Gasteiger partial charge on any atom is -0.351 e. The van der Waals surface area contributed by atoms with Gasteiger partial charge in [-0.1, -0.05) is 17.7 Å². The van der Waals surface area contributed by atoms with E-state index >= 15 is 0 Å². The third-order valence-electron chi connectivity index (χ3n) is 2.44. The van der Waals surface area contributed by atoms with Crippen LogP contribution in [-0.2, 0) is 6.54 Å². The van der Waals surface area contributed by atoms with Crippen LogP contribution in [0.2, 0.25) is 5.15 Å². The van der Waals surface area contributed by atoms with Crippen molar-refractivity contribution >= 4 is 17.4 Å². The van der Waals surface area contributed by atoms with Gasteiger partial charge in [-0.3, -0.25) is 15.1 Å². The number of aliphatic imine (C=N–C) groups is 1. The van der Waals surface area contributed by atoms with E-state index in [0.29, 0.717) is 24.1 Å². The summed E-state index contributed by atoms with van der Waals surface area (Å²) in [6, 6.07) is 3.54. The maximum atomic E-state index is 10.6. The molecule has 0 aromatic carbocycles. The summed E-state index contributed by atoms with van der Waals surface area (Å²) in [6.45, 7) is 2.82. The van der Waals surface area contributed by atoms with Crippen molar-refractivity contribution < 1.29 is 4.92 Å². The zero-order valence-electron chi connectivity index (χ0n) is 10.3. The van der Waals surface area contributed by atoms with Crippen LogP contribution >= 0.6 is 11.6 Å². The second-order valence-electron chi connectivity index (χ2n) is 3.63. The van der Waals surface area contributed by atoms with Crippen LogP contribution < -0.4 is 0 Å². The van der Waals surface area contributed by atoms with Crippen molar-refractivity contribution in [3.8, 4) is 0 Å². The lowest BCUT2D eigenvalue weighted by Gasteiger charge is -2.22. The topological polar surface area (TPSA) is 71.6 Å². The average Bonchev–Trinajstić information content (AvgIpc) is 2.35. The van der Waals surface area contributed by atoms with Gasteiger partial charge in [0.15, 0.2) is 5.84 Å². The van der Waals surface area contributed by atoms with Crippen molar-refractivity contribution in [1.82, 2.24) is 9.88 Å². The van der Waals surface area contributed by atoms with Gasteiger partial charge in [-0.05, 0) is 18.6 Å². The Balaban J connectivity index is 2.77. The first-order valence-electron chi connectivity index (χ1n) is 5.49. The maximum Gasteiger partial charge on any atom is 0.260 e. The van der Waals surface area contributed by atoms with Crippen molar-refractivity contribution in [2.75, 3.05) is 20.1 Å². The van der Waals surface area contributed by atoms with Gasteiger partial charge in [-0.2, -0.15) is 0 Å². The second kappa shape index (κ2) is 6.90. The molecule has 0 spiro atoms. The Morgan fingerprint density at radius 2 is 2.33 bits per heavy atom. The van der Waals surface area contributed by atoms with Crippen molar-refractivity contribution in [3.63, 3.8) is 0 Å². The molecule has 98 valence electrons. The van der Waals surface area contributed by atoms with Gasteiger partial charge in [0.05, 0.1) is 0 Å². The molecule has 0 bridgehead atoms. The fourth-order valence-corrected chi connectivity index (χ4v) is 1.65. The van der Waals surface area contributed by atoms with Gasteiger partial charge < -0.3 is 4.90 Å². The number of rotatable bonds is 5. The van der Waals surface area contributed by atoms with Crippen molar-refractivity contribution in [3.05, 3.63) is 39.2 Å². The Hall–Kier alpha value is -1.69. The van der Waals surface area contributed by atoms with E-state index in [9.17, 15) is 10.1 Å². The smallest absolute Gasteiger partial charge is 0.260 e.